The Balaban J connectivity index is 2.34. The van der Waals surface area contributed by atoms with Crippen molar-refractivity contribution >= 4 is 34.6 Å². The summed E-state index contributed by atoms with van der Waals surface area (Å²) >= 11 is 7.15. The van der Waals surface area contributed by atoms with Crippen LogP contribution in [-0.2, 0) is 3.07 Å². The molecule has 3 heteroatoms. The van der Waals surface area contributed by atoms with E-state index in [1.807, 2.05) is 23.0 Å². The first-order chi connectivity index (χ1) is 2.91. The first kappa shape index (κ1) is 6.98. The van der Waals surface area contributed by atoms with Crippen LogP contribution in [0.2, 0.25) is 0 Å². The first-order valence-corrected chi connectivity index (χ1v) is 3.13. The molecule has 0 saturated heterocycles. The molecule has 38 valence electrons. The van der Waals surface area contributed by atoms with E-state index < -0.39 is 0 Å². The predicted octanol–water partition coefficient (Wildman–Crippen LogP) is 1.98. The third kappa shape index (κ3) is 4.98. The van der Waals surface area contributed by atoms with E-state index in [4.69, 9.17) is 11.6 Å². The van der Waals surface area contributed by atoms with E-state index in [0.29, 0.717) is 5.88 Å². The van der Waals surface area contributed by atoms with Gasteiger partial charge in [0.2, 0.25) is 0 Å². The summed E-state index contributed by atoms with van der Waals surface area (Å²) in [5, 5.41) is 0. The van der Waals surface area contributed by atoms with Crippen LogP contribution in [0.25, 0.3) is 0 Å². The summed E-state index contributed by atoms with van der Waals surface area (Å²) in [6.45, 7) is 0.768. The molecule has 0 radical (unpaired) electrons. The topological polar surface area (TPSA) is 9.23 Å². The van der Waals surface area contributed by atoms with Crippen LogP contribution in [0.1, 0.15) is 6.42 Å². The molecule has 0 rings (SSSR count). The standard InChI is InChI=1S/C3H6ClIO/c4-2-1-3-6-5/h1-3H2. The highest BCUT2D eigenvalue weighted by Gasteiger charge is 1.77. The Labute approximate surface area is 56.7 Å². The lowest BCUT2D eigenvalue weighted by molar-refractivity contribution is 0.426. The quantitative estimate of drug-likeness (QED) is 0.401. The van der Waals surface area contributed by atoms with Gasteiger partial charge in [-0.1, -0.05) is 0 Å². The van der Waals surface area contributed by atoms with Crippen molar-refractivity contribution < 1.29 is 3.07 Å². The molecular formula is C3H6ClIO. The van der Waals surface area contributed by atoms with E-state index in [2.05, 4.69) is 3.07 Å². The van der Waals surface area contributed by atoms with E-state index in [1.165, 1.54) is 0 Å². The van der Waals surface area contributed by atoms with Crippen molar-refractivity contribution in [2.45, 2.75) is 6.42 Å². The molecule has 0 aromatic carbocycles. The fourth-order valence-electron chi connectivity index (χ4n) is 0.109. The lowest BCUT2D eigenvalue weighted by atomic mass is 10.5. The minimum Gasteiger partial charge on any atom is -0.316 e. The van der Waals surface area contributed by atoms with Crippen molar-refractivity contribution in [2.75, 3.05) is 12.5 Å². The highest BCUT2D eigenvalue weighted by Crippen LogP contribution is 1.89. The molecule has 0 atom stereocenters. The molecule has 0 N–H and O–H groups in total. The van der Waals surface area contributed by atoms with Gasteiger partial charge in [0.1, 0.15) is 23.0 Å². The van der Waals surface area contributed by atoms with Gasteiger partial charge < -0.3 is 3.07 Å². The maximum atomic E-state index is 5.30. The molecular weight excluding hydrogens is 214 g/mol. The van der Waals surface area contributed by atoms with E-state index in [9.17, 15) is 0 Å². The molecule has 0 aliphatic rings. The van der Waals surface area contributed by atoms with E-state index in [1.54, 1.807) is 0 Å². The average Bonchev–Trinajstić information content (AvgIpc) is 1.61. The Hall–Kier alpha value is 0.980. The van der Waals surface area contributed by atoms with Crippen molar-refractivity contribution in [3.8, 4) is 0 Å². The molecule has 0 saturated carbocycles. The molecule has 0 unspecified atom stereocenters. The molecule has 0 fully saturated rings. The van der Waals surface area contributed by atoms with Gasteiger partial charge in [-0.15, -0.1) is 11.6 Å². The van der Waals surface area contributed by atoms with Crippen LogP contribution in [0, 0.1) is 0 Å². The van der Waals surface area contributed by atoms with Gasteiger partial charge in [0, 0.05) is 5.88 Å². The second-order valence-corrected chi connectivity index (χ2v) is 1.86. The maximum absolute atomic E-state index is 5.30. The van der Waals surface area contributed by atoms with Crippen LogP contribution in [0.3, 0.4) is 0 Å². The summed E-state index contributed by atoms with van der Waals surface area (Å²) < 4.78 is 4.67. The molecule has 0 bridgehead atoms. The van der Waals surface area contributed by atoms with Crippen LogP contribution in [-0.4, -0.2) is 12.5 Å². The van der Waals surface area contributed by atoms with Gasteiger partial charge in [-0.25, -0.2) is 0 Å². The largest absolute Gasteiger partial charge is 0.316 e. The van der Waals surface area contributed by atoms with E-state index >= 15 is 0 Å². The fourth-order valence-corrected chi connectivity index (χ4v) is 0.530. The van der Waals surface area contributed by atoms with Crippen molar-refractivity contribution in [3.05, 3.63) is 0 Å². The Kier molecular flexibility index (Phi) is 6.96. The number of alkyl halides is 1. The summed E-state index contributed by atoms with van der Waals surface area (Å²) in [5.74, 6) is 0.697. The summed E-state index contributed by atoms with van der Waals surface area (Å²) in [7, 11) is 0. The summed E-state index contributed by atoms with van der Waals surface area (Å²) in [4.78, 5) is 0. The Morgan fingerprint density at radius 3 is 2.50 bits per heavy atom. The third-order valence-electron chi connectivity index (χ3n) is 0.355. The summed E-state index contributed by atoms with van der Waals surface area (Å²) in [5.41, 5.74) is 0. The molecule has 0 spiro atoms. The second-order valence-electron chi connectivity index (χ2n) is 0.856. The molecule has 0 aromatic heterocycles. The molecule has 0 amide bonds. The zero-order valence-corrected chi connectivity index (χ0v) is 6.20. The number of rotatable bonds is 3. The van der Waals surface area contributed by atoms with Gasteiger partial charge in [0.05, 0.1) is 6.61 Å². The van der Waals surface area contributed by atoms with Gasteiger partial charge in [-0.3, -0.25) is 0 Å². The third-order valence-corrected chi connectivity index (χ3v) is 1.06. The van der Waals surface area contributed by atoms with Crippen LogP contribution in [0.4, 0.5) is 0 Å². The van der Waals surface area contributed by atoms with Gasteiger partial charge in [0.25, 0.3) is 0 Å². The summed E-state index contributed by atoms with van der Waals surface area (Å²) in [6, 6.07) is 0. The Bertz CT molecular complexity index is 22.8. The predicted molar refractivity (Wildman–Crippen MR) is 35.3 cm³/mol. The van der Waals surface area contributed by atoms with Crippen molar-refractivity contribution in [2.24, 2.45) is 0 Å². The minimum absolute atomic E-state index is 0.697. The smallest absolute Gasteiger partial charge is 0.109 e. The van der Waals surface area contributed by atoms with Gasteiger partial charge in [-0.05, 0) is 6.42 Å². The molecule has 0 heterocycles. The second kappa shape index (κ2) is 5.98. The molecule has 1 nitrogen and oxygen atoms in total. The first-order valence-electron chi connectivity index (χ1n) is 1.71. The molecule has 0 aliphatic carbocycles. The van der Waals surface area contributed by atoms with Crippen LogP contribution >= 0.6 is 34.6 Å². The van der Waals surface area contributed by atoms with Gasteiger partial charge in [-0.2, -0.15) is 0 Å². The fraction of sp³-hybridized carbons (Fsp3) is 1.00. The lowest BCUT2D eigenvalue weighted by Gasteiger charge is -1.85. The number of hydrogen-bond donors (Lipinski definition) is 0. The highest BCUT2D eigenvalue weighted by molar-refractivity contribution is 14.1. The Morgan fingerprint density at radius 2 is 2.33 bits per heavy atom. The number of halogens is 2. The van der Waals surface area contributed by atoms with Crippen molar-refractivity contribution in [1.82, 2.24) is 0 Å². The number of hydrogen-bond acceptors (Lipinski definition) is 1. The zero-order valence-electron chi connectivity index (χ0n) is 3.29. The lowest BCUT2D eigenvalue weighted by Crippen LogP contribution is -1.81. The Morgan fingerprint density at radius 1 is 1.67 bits per heavy atom. The zero-order chi connectivity index (χ0) is 4.83. The minimum atomic E-state index is 0.697. The van der Waals surface area contributed by atoms with Gasteiger partial charge in [0.15, 0.2) is 0 Å². The molecule has 6 heavy (non-hydrogen) atoms. The van der Waals surface area contributed by atoms with Crippen LogP contribution in [0.5, 0.6) is 0 Å². The maximum Gasteiger partial charge on any atom is 0.109 e. The van der Waals surface area contributed by atoms with Gasteiger partial charge >= 0.3 is 0 Å². The van der Waals surface area contributed by atoms with Crippen LogP contribution < -0.4 is 0 Å². The average molecular weight is 220 g/mol. The molecule has 0 aliphatic heterocycles. The van der Waals surface area contributed by atoms with Crippen LogP contribution in [0.15, 0.2) is 0 Å². The monoisotopic (exact) mass is 220 g/mol. The summed E-state index contributed by atoms with van der Waals surface area (Å²) in [6.07, 6.45) is 0.949. The normalized spacial score (nSPS) is 9.00. The highest BCUT2D eigenvalue weighted by atomic mass is 127. The van der Waals surface area contributed by atoms with E-state index in [0.717, 1.165) is 13.0 Å². The van der Waals surface area contributed by atoms with E-state index in [-0.39, 0.29) is 0 Å². The molecule has 0 aromatic rings. The van der Waals surface area contributed by atoms with Crippen molar-refractivity contribution in [1.29, 1.82) is 0 Å². The van der Waals surface area contributed by atoms with Crippen molar-refractivity contribution in [3.63, 3.8) is 0 Å². The SMILES string of the molecule is ClCCCOI.